The Hall–Kier alpha value is -4.27. The highest BCUT2D eigenvalue weighted by molar-refractivity contribution is 6.22. The van der Waals surface area contributed by atoms with Gasteiger partial charge in [0.25, 0.3) is 11.8 Å². The SMILES string of the molecule is CC(=O)Nc1ccc2c(COC(=O)c3ccc4c(c3)C(=O)N(C3CCCCC3)C4=O)cc(=O)oc2c1. The second kappa shape index (κ2) is 9.41. The van der Waals surface area contributed by atoms with E-state index in [1.54, 1.807) is 12.1 Å². The summed E-state index contributed by atoms with van der Waals surface area (Å²) >= 11 is 0. The number of imide groups is 1. The third-order valence-electron chi connectivity index (χ3n) is 6.60. The molecule has 0 unspecified atom stereocenters. The van der Waals surface area contributed by atoms with Crippen LogP contribution in [0.4, 0.5) is 5.69 Å². The van der Waals surface area contributed by atoms with E-state index in [-0.39, 0.29) is 47.1 Å². The first kappa shape index (κ1) is 23.5. The molecule has 1 aliphatic carbocycles. The topological polar surface area (TPSA) is 123 Å². The van der Waals surface area contributed by atoms with Gasteiger partial charge in [-0.3, -0.25) is 19.3 Å². The lowest BCUT2D eigenvalue weighted by Gasteiger charge is -2.29. The fourth-order valence-corrected chi connectivity index (χ4v) is 4.91. The van der Waals surface area contributed by atoms with Crippen molar-refractivity contribution in [1.29, 1.82) is 0 Å². The lowest BCUT2D eigenvalue weighted by molar-refractivity contribution is -0.114. The molecule has 3 amide bonds. The number of rotatable bonds is 5. The highest BCUT2D eigenvalue weighted by Gasteiger charge is 2.40. The van der Waals surface area contributed by atoms with E-state index in [9.17, 15) is 24.0 Å². The fraction of sp³-hybridized carbons (Fsp3) is 0.296. The van der Waals surface area contributed by atoms with Gasteiger partial charge in [-0.25, -0.2) is 9.59 Å². The molecule has 9 heteroatoms. The van der Waals surface area contributed by atoms with E-state index in [2.05, 4.69) is 5.32 Å². The van der Waals surface area contributed by atoms with Gasteiger partial charge in [-0.15, -0.1) is 0 Å². The number of anilines is 1. The number of carbonyl (C=O) groups excluding carboxylic acids is 4. The number of hydrogen-bond acceptors (Lipinski definition) is 7. The van der Waals surface area contributed by atoms with Gasteiger partial charge in [-0.1, -0.05) is 19.3 Å². The molecule has 1 saturated carbocycles. The predicted octanol–water partition coefficient (Wildman–Crippen LogP) is 4.04. The number of benzene rings is 2. The zero-order valence-corrected chi connectivity index (χ0v) is 19.7. The molecule has 2 aliphatic rings. The minimum Gasteiger partial charge on any atom is -0.457 e. The van der Waals surface area contributed by atoms with Crippen molar-refractivity contribution in [2.75, 3.05) is 5.32 Å². The summed E-state index contributed by atoms with van der Waals surface area (Å²) in [4.78, 5) is 63.4. The van der Waals surface area contributed by atoms with Gasteiger partial charge in [0.05, 0.1) is 16.7 Å². The highest BCUT2D eigenvalue weighted by Crippen LogP contribution is 2.31. The second-order valence-electron chi connectivity index (χ2n) is 9.09. The largest absolute Gasteiger partial charge is 0.457 e. The standard InChI is InChI=1S/C27H24N2O7/c1-15(30)28-18-8-10-20-17(12-24(31)36-23(20)13-18)14-35-27(34)16-7-9-21-22(11-16)26(33)29(25(21)32)19-5-3-2-4-6-19/h7-13,19H,2-6,14H2,1H3,(H,28,30). The Morgan fingerprint density at radius 3 is 2.47 bits per heavy atom. The first-order chi connectivity index (χ1) is 17.3. The quantitative estimate of drug-likeness (QED) is 0.327. The molecule has 184 valence electrons. The van der Waals surface area contributed by atoms with Crippen LogP contribution in [0.25, 0.3) is 11.0 Å². The third kappa shape index (κ3) is 4.39. The molecule has 9 nitrogen and oxygen atoms in total. The highest BCUT2D eigenvalue weighted by atomic mass is 16.5. The third-order valence-corrected chi connectivity index (χ3v) is 6.60. The first-order valence-electron chi connectivity index (χ1n) is 11.9. The molecule has 0 spiro atoms. The van der Waals surface area contributed by atoms with E-state index in [0.717, 1.165) is 32.1 Å². The smallest absolute Gasteiger partial charge is 0.338 e. The van der Waals surface area contributed by atoms with Crippen LogP contribution in [0.5, 0.6) is 0 Å². The summed E-state index contributed by atoms with van der Waals surface area (Å²) in [5.74, 6) is -1.65. The number of esters is 1. The molecule has 1 N–H and O–H groups in total. The van der Waals surface area contributed by atoms with E-state index in [1.165, 1.54) is 42.2 Å². The van der Waals surface area contributed by atoms with Crippen molar-refractivity contribution in [2.24, 2.45) is 0 Å². The van der Waals surface area contributed by atoms with E-state index in [4.69, 9.17) is 9.15 Å². The van der Waals surface area contributed by atoms with Crippen LogP contribution in [0.1, 0.15) is 75.7 Å². The van der Waals surface area contributed by atoms with Gasteiger partial charge < -0.3 is 14.5 Å². The summed E-state index contributed by atoms with van der Waals surface area (Å²) in [5.41, 5.74) is 1.15. The van der Waals surface area contributed by atoms with Crippen LogP contribution in [-0.2, 0) is 16.1 Å². The number of nitrogens with one attached hydrogen (secondary N) is 1. The summed E-state index contributed by atoms with van der Waals surface area (Å²) in [6, 6.07) is 10.3. The molecule has 2 aromatic carbocycles. The minimum absolute atomic E-state index is 0.106. The lowest BCUT2D eigenvalue weighted by atomic mass is 9.94. The minimum atomic E-state index is -0.689. The van der Waals surface area contributed by atoms with Gasteiger partial charge in [0.1, 0.15) is 12.2 Å². The number of ether oxygens (including phenoxy) is 1. The van der Waals surface area contributed by atoms with E-state index in [1.807, 2.05) is 0 Å². The van der Waals surface area contributed by atoms with E-state index >= 15 is 0 Å². The molecule has 1 aromatic heterocycles. The van der Waals surface area contributed by atoms with Crippen molar-refractivity contribution in [1.82, 2.24) is 4.90 Å². The number of fused-ring (bicyclic) bond motifs is 2. The van der Waals surface area contributed by atoms with Crippen LogP contribution in [-0.4, -0.2) is 34.6 Å². The maximum atomic E-state index is 13.0. The van der Waals surface area contributed by atoms with Gasteiger partial charge >= 0.3 is 11.6 Å². The Labute approximate surface area is 206 Å². The molecule has 0 atom stereocenters. The Bertz CT molecular complexity index is 1470. The molecule has 5 rings (SSSR count). The average molecular weight is 488 g/mol. The van der Waals surface area contributed by atoms with Gasteiger partial charge in [0, 0.05) is 41.7 Å². The molecule has 36 heavy (non-hydrogen) atoms. The fourth-order valence-electron chi connectivity index (χ4n) is 4.91. The second-order valence-corrected chi connectivity index (χ2v) is 9.09. The zero-order chi connectivity index (χ0) is 25.4. The number of hydrogen-bond donors (Lipinski definition) is 1. The van der Waals surface area contributed by atoms with E-state index < -0.39 is 11.6 Å². The summed E-state index contributed by atoms with van der Waals surface area (Å²) < 4.78 is 10.7. The van der Waals surface area contributed by atoms with Crippen LogP contribution in [0, 0.1) is 0 Å². The monoisotopic (exact) mass is 488 g/mol. The van der Waals surface area contributed by atoms with Gasteiger partial charge in [0.2, 0.25) is 5.91 Å². The maximum absolute atomic E-state index is 13.0. The molecular weight excluding hydrogens is 464 g/mol. The molecule has 0 radical (unpaired) electrons. The van der Waals surface area contributed by atoms with Crippen molar-refractivity contribution in [3.05, 3.63) is 75.1 Å². The molecule has 3 aromatic rings. The molecular formula is C27H24N2O7. The molecule has 2 heterocycles. The molecule has 1 fully saturated rings. The van der Waals surface area contributed by atoms with Crippen molar-refractivity contribution in [3.63, 3.8) is 0 Å². The van der Waals surface area contributed by atoms with Crippen molar-refractivity contribution in [3.8, 4) is 0 Å². The van der Waals surface area contributed by atoms with Gasteiger partial charge in [-0.05, 0) is 43.2 Å². The molecule has 0 bridgehead atoms. The Balaban J connectivity index is 1.34. The van der Waals surface area contributed by atoms with Crippen molar-refractivity contribution in [2.45, 2.75) is 51.7 Å². The van der Waals surface area contributed by atoms with E-state index in [0.29, 0.717) is 22.2 Å². The van der Waals surface area contributed by atoms with Crippen molar-refractivity contribution < 1.29 is 28.3 Å². The normalized spacial score (nSPS) is 15.8. The number of carbonyl (C=O) groups is 4. The Morgan fingerprint density at radius 2 is 1.72 bits per heavy atom. The van der Waals surface area contributed by atoms with Crippen LogP contribution in [0.3, 0.4) is 0 Å². The number of amides is 3. The van der Waals surface area contributed by atoms with Crippen LogP contribution in [0.2, 0.25) is 0 Å². The average Bonchev–Trinajstić information content (AvgIpc) is 3.11. The molecule has 1 aliphatic heterocycles. The zero-order valence-electron chi connectivity index (χ0n) is 19.7. The van der Waals surface area contributed by atoms with Crippen molar-refractivity contribution >= 4 is 40.3 Å². The van der Waals surface area contributed by atoms with Gasteiger partial charge in [0.15, 0.2) is 0 Å². The van der Waals surface area contributed by atoms with Crippen LogP contribution >= 0.6 is 0 Å². The summed E-state index contributed by atoms with van der Waals surface area (Å²) in [6.45, 7) is 1.16. The Morgan fingerprint density at radius 1 is 0.972 bits per heavy atom. The maximum Gasteiger partial charge on any atom is 0.338 e. The predicted molar refractivity (Wildman–Crippen MR) is 130 cm³/mol. The number of nitrogens with zero attached hydrogens (tertiary/aromatic N) is 1. The summed E-state index contributed by atoms with van der Waals surface area (Å²) in [7, 11) is 0. The first-order valence-corrected chi connectivity index (χ1v) is 11.9. The van der Waals surface area contributed by atoms with Gasteiger partial charge in [-0.2, -0.15) is 0 Å². The Kier molecular flexibility index (Phi) is 6.13. The lowest BCUT2D eigenvalue weighted by Crippen LogP contribution is -2.40. The summed E-state index contributed by atoms with van der Waals surface area (Å²) in [5, 5.41) is 3.17. The van der Waals surface area contributed by atoms with Crippen LogP contribution in [0.15, 0.2) is 51.7 Å². The summed E-state index contributed by atoms with van der Waals surface area (Å²) in [6.07, 6.45) is 4.66. The van der Waals surface area contributed by atoms with Crippen LogP contribution < -0.4 is 10.9 Å². The molecule has 0 saturated heterocycles.